The zero-order chi connectivity index (χ0) is 12.5. The van der Waals surface area contributed by atoms with E-state index < -0.39 is 0 Å². The van der Waals surface area contributed by atoms with Crippen LogP contribution in [-0.2, 0) is 11.2 Å². The zero-order valence-corrected chi connectivity index (χ0v) is 11.2. The molecule has 0 aromatic heterocycles. The molecule has 100 valence electrons. The maximum atomic E-state index is 5.60. The molecule has 0 spiro atoms. The van der Waals surface area contributed by atoms with Gasteiger partial charge < -0.3 is 10.1 Å². The fourth-order valence-electron chi connectivity index (χ4n) is 2.48. The minimum absolute atomic E-state index is 0.529. The van der Waals surface area contributed by atoms with Gasteiger partial charge in [0.1, 0.15) is 0 Å². The average Bonchev–Trinajstić information content (AvgIpc) is 2.92. The Balaban J connectivity index is 1.42. The second-order valence-corrected chi connectivity index (χ2v) is 5.12. The van der Waals surface area contributed by atoms with Gasteiger partial charge >= 0.3 is 0 Å². The van der Waals surface area contributed by atoms with Crippen LogP contribution in [0.5, 0.6) is 0 Å². The lowest BCUT2D eigenvalue weighted by Crippen LogP contribution is -2.21. The number of hydrogen-bond donors (Lipinski definition) is 1. The molecule has 2 heteroatoms. The molecule has 0 bridgehead atoms. The van der Waals surface area contributed by atoms with Crippen LogP contribution < -0.4 is 5.32 Å². The Morgan fingerprint density at radius 3 is 2.78 bits per heavy atom. The number of ether oxygens (including phenoxy) is 1. The van der Waals surface area contributed by atoms with Crippen molar-refractivity contribution in [2.45, 2.75) is 44.6 Å². The van der Waals surface area contributed by atoms with E-state index in [1.165, 1.54) is 44.1 Å². The molecule has 0 aliphatic carbocycles. The van der Waals surface area contributed by atoms with Crippen LogP contribution in [-0.4, -0.2) is 25.8 Å². The highest BCUT2D eigenvalue weighted by atomic mass is 16.5. The van der Waals surface area contributed by atoms with E-state index in [9.17, 15) is 0 Å². The van der Waals surface area contributed by atoms with Gasteiger partial charge in [-0.1, -0.05) is 30.3 Å². The molecule has 2 nitrogen and oxygen atoms in total. The summed E-state index contributed by atoms with van der Waals surface area (Å²) in [6, 6.07) is 10.7. The number of unbranched alkanes of at least 4 members (excludes halogenated alkanes) is 1. The topological polar surface area (TPSA) is 21.3 Å². The van der Waals surface area contributed by atoms with Crippen LogP contribution in [0.25, 0.3) is 0 Å². The van der Waals surface area contributed by atoms with E-state index in [-0.39, 0.29) is 0 Å². The van der Waals surface area contributed by atoms with Crippen LogP contribution in [0, 0.1) is 0 Å². The predicted octanol–water partition coefficient (Wildman–Crippen LogP) is 3.17. The second kappa shape index (κ2) is 8.28. The highest BCUT2D eigenvalue weighted by molar-refractivity contribution is 5.14. The largest absolute Gasteiger partial charge is 0.378 e. The normalized spacial score (nSPS) is 19.2. The highest BCUT2D eigenvalue weighted by Gasteiger charge is 2.13. The van der Waals surface area contributed by atoms with Crippen LogP contribution in [0.3, 0.4) is 0 Å². The highest BCUT2D eigenvalue weighted by Crippen LogP contribution is 2.14. The zero-order valence-electron chi connectivity index (χ0n) is 11.2. The van der Waals surface area contributed by atoms with Crippen LogP contribution in [0.15, 0.2) is 30.3 Å². The van der Waals surface area contributed by atoms with Gasteiger partial charge in [0.2, 0.25) is 0 Å². The molecule has 1 heterocycles. The molecule has 2 rings (SSSR count). The minimum Gasteiger partial charge on any atom is -0.378 e. The average molecular weight is 247 g/mol. The first-order valence-corrected chi connectivity index (χ1v) is 7.31. The summed E-state index contributed by atoms with van der Waals surface area (Å²) in [5.41, 5.74) is 1.46. The summed E-state index contributed by atoms with van der Waals surface area (Å²) in [5, 5.41) is 3.52. The molecule has 1 aliphatic heterocycles. The van der Waals surface area contributed by atoms with Gasteiger partial charge in [-0.05, 0) is 57.2 Å². The van der Waals surface area contributed by atoms with Crippen molar-refractivity contribution in [3.63, 3.8) is 0 Å². The van der Waals surface area contributed by atoms with Crippen LogP contribution in [0.4, 0.5) is 0 Å². The molecule has 1 unspecified atom stereocenters. The number of benzene rings is 1. The lowest BCUT2D eigenvalue weighted by Gasteiger charge is -2.09. The molecule has 1 fully saturated rings. The monoisotopic (exact) mass is 247 g/mol. The molecule has 18 heavy (non-hydrogen) atoms. The Kier molecular flexibility index (Phi) is 6.24. The fourth-order valence-corrected chi connectivity index (χ4v) is 2.48. The van der Waals surface area contributed by atoms with E-state index in [4.69, 9.17) is 4.74 Å². The van der Waals surface area contributed by atoms with Crippen LogP contribution in [0.1, 0.15) is 37.7 Å². The Morgan fingerprint density at radius 1 is 1.11 bits per heavy atom. The lowest BCUT2D eigenvalue weighted by atomic mass is 10.1. The number of rotatable bonds is 8. The molecular formula is C16H25NO. The molecule has 0 saturated carbocycles. The standard InChI is InChI=1S/C16H25NO/c1-2-7-15(8-3-1)9-4-5-12-17-13-11-16-10-6-14-18-16/h1-3,7-8,16-17H,4-6,9-14H2. The van der Waals surface area contributed by atoms with Crippen molar-refractivity contribution in [1.82, 2.24) is 5.32 Å². The summed E-state index contributed by atoms with van der Waals surface area (Å²) < 4.78 is 5.60. The fraction of sp³-hybridized carbons (Fsp3) is 0.625. The van der Waals surface area contributed by atoms with Crippen LogP contribution in [0.2, 0.25) is 0 Å². The van der Waals surface area contributed by atoms with Gasteiger partial charge in [0, 0.05) is 6.61 Å². The quantitative estimate of drug-likeness (QED) is 0.712. The van der Waals surface area contributed by atoms with Crippen molar-refractivity contribution >= 4 is 0 Å². The Bertz CT molecular complexity index is 306. The van der Waals surface area contributed by atoms with E-state index in [1.54, 1.807) is 0 Å². The Labute approximate surface area is 111 Å². The van der Waals surface area contributed by atoms with Gasteiger partial charge in [0.05, 0.1) is 6.10 Å². The molecule has 1 aliphatic rings. The molecule has 0 radical (unpaired) electrons. The Morgan fingerprint density at radius 2 is 2.00 bits per heavy atom. The maximum Gasteiger partial charge on any atom is 0.0588 e. The number of hydrogen-bond acceptors (Lipinski definition) is 2. The van der Waals surface area contributed by atoms with Gasteiger partial charge in [-0.3, -0.25) is 0 Å². The minimum atomic E-state index is 0.529. The number of nitrogens with one attached hydrogen (secondary N) is 1. The first kappa shape index (κ1) is 13.6. The van der Waals surface area contributed by atoms with Gasteiger partial charge in [0.25, 0.3) is 0 Å². The summed E-state index contributed by atoms with van der Waals surface area (Å²) in [6.07, 6.45) is 7.96. The van der Waals surface area contributed by atoms with Crippen LogP contribution >= 0.6 is 0 Å². The molecule has 0 amide bonds. The van der Waals surface area contributed by atoms with E-state index in [0.717, 1.165) is 19.7 Å². The van der Waals surface area contributed by atoms with Gasteiger partial charge in [-0.15, -0.1) is 0 Å². The lowest BCUT2D eigenvalue weighted by molar-refractivity contribution is 0.104. The summed E-state index contributed by atoms with van der Waals surface area (Å²) in [4.78, 5) is 0. The molecule has 1 atom stereocenters. The van der Waals surface area contributed by atoms with E-state index in [2.05, 4.69) is 35.6 Å². The van der Waals surface area contributed by atoms with Crippen molar-refractivity contribution < 1.29 is 4.74 Å². The SMILES string of the molecule is c1ccc(CCCCNCCC2CCCO2)cc1. The van der Waals surface area contributed by atoms with Crippen molar-refractivity contribution in [1.29, 1.82) is 0 Å². The van der Waals surface area contributed by atoms with E-state index in [0.29, 0.717) is 6.10 Å². The summed E-state index contributed by atoms with van der Waals surface area (Å²) >= 11 is 0. The summed E-state index contributed by atoms with van der Waals surface area (Å²) in [7, 11) is 0. The first-order valence-electron chi connectivity index (χ1n) is 7.31. The Hall–Kier alpha value is -0.860. The third kappa shape index (κ3) is 5.19. The van der Waals surface area contributed by atoms with Gasteiger partial charge in [-0.2, -0.15) is 0 Å². The van der Waals surface area contributed by atoms with Crippen molar-refractivity contribution in [3.05, 3.63) is 35.9 Å². The van der Waals surface area contributed by atoms with Crippen molar-refractivity contribution in [2.75, 3.05) is 19.7 Å². The van der Waals surface area contributed by atoms with Gasteiger partial charge in [0.15, 0.2) is 0 Å². The molecule has 1 aromatic carbocycles. The van der Waals surface area contributed by atoms with E-state index in [1.807, 2.05) is 0 Å². The van der Waals surface area contributed by atoms with Gasteiger partial charge in [-0.25, -0.2) is 0 Å². The predicted molar refractivity (Wildman–Crippen MR) is 75.8 cm³/mol. The second-order valence-electron chi connectivity index (χ2n) is 5.12. The molecule has 1 aromatic rings. The third-order valence-corrected chi connectivity index (χ3v) is 3.58. The molecule has 1 saturated heterocycles. The van der Waals surface area contributed by atoms with E-state index >= 15 is 0 Å². The van der Waals surface area contributed by atoms with Crippen molar-refractivity contribution in [3.8, 4) is 0 Å². The van der Waals surface area contributed by atoms with Crippen molar-refractivity contribution in [2.24, 2.45) is 0 Å². The maximum absolute atomic E-state index is 5.60. The smallest absolute Gasteiger partial charge is 0.0588 e. The summed E-state index contributed by atoms with van der Waals surface area (Å²) in [5.74, 6) is 0. The molecule has 1 N–H and O–H groups in total. The number of aryl methyl sites for hydroxylation is 1. The first-order chi connectivity index (χ1) is 8.95. The third-order valence-electron chi connectivity index (χ3n) is 3.58. The summed E-state index contributed by atoms with van der Waals surface area (Å²) in [6.45, 7) is 3.22. The molecular weight excluding hydrogens is 222 g/mol.